The molecule has 0 radical (unpaired) electrons. The first-order valence-electron chi connectivity index (χ1n) is 7.09. The highest BCUT2D eigenvalue weighted by Gasteiger charge is 2.00. The quantitative estimate of drug-likeness (QED) is 0.606. The van der Waals surface area contributed by atoms with Crippen molar-refractivity contribution in [2.75, 3.05) is 18.4 Å². The standard InChI is InChI=1S/C17H19N3O/c1-2-3-4-9-17(21)19-13-12-18-16-11-10-14-7-5-6-8-15(14)20-16/h1,5-8,10-11H,3-4,9,12-13H2,(H,18,20)(H,19,21). The first-order valence-corrected chi connectivity index (χ1v) is 7.09. The van der Waals surface area contributed by atoms with Gasteiger partial charge in [0.2, 0.25) is 5.91 Å². The maximum atomic E-state index is 11.5. The van der Waals surface area contributed by atoms with E-state index in [9.17, 15) is 4.79 Å². The molecule has 1 aromatic carbocycles. The Kier molecular flexibility index (Phi) is 5.60. The number of rotatable bonds is 7. The van der Waals surface area contributed by atoms with Crippen LogP contribution in [0.4, 0.5) is 5.82 Å². The minimum atomic E-state index is 0.0403. The van der Waals surface area contributed by atoms with Crippen molar-refractivity contribution in [3.63, 3.8) is 0 Å². The zero-order chi connectivity index (χ0) is 14.9. The molecule has 0 aliphatic heterocycles. The number of nitrogens with one attached hydrogen (secondary N) is 2. The van der Waals surface area contributed by atoms with Gasteiger partial charge < -0.3 is 10.6 Å². The molecule has 4 nitrogen and oxygen atoms in total. The third-order valence-electron chi connectivity index (χ3n) is 3.08. The third-order valence-corrected chi connectivity index (χ3v) is 3.08. The van der Waals surface area contributed by atoms with Crippen molar-refractivity contribution in [2.24, 2.45) is 0 Å². The number of nitrogens with zero attached hydrogens (tertiary/aromatic N) is 1. The molecule has 0 saturated heterocycles. The number of terminal acetylenes is 1. The van der Waals surface area contributed by atoms with Crippen molar-refractivity contribution in [1.29, 1.82) is 0 Å². The monoisotopic (exact) mass is 281 g/mol. The molecule has 1 heterocycles. The number of aromatic nitrogens is 1. The van der Waals surface area contributed by atoms with E-state index in [0.717, 1.165) is 23.1 Å². The van der Waals surface area contributed by atoms with Crippen LogP contribution in [0.1, 0.15) is 19.3 Å². The first-order chi connectivity index (χ1) is 10.3. The van der Waals surface area contributed by atoms with Gasteiger partial charge in [-0.3, -0.25) is 4.79 Å². The summed E-state index contributed by atoms with van der Waals surface area (Å²) in [6.45, 7) is 1.22. The summed E-state index contributed by atoms with van der Waals surface area (Å²) in [7, 11) is 0. The van der Waals surface area contributed by atoms with Crippen molar-refractivity contribution in [1.82, 2.24) is 10.3 Å². The Balaban J connectivity index is 1.72. The van der Waals surface area contributed by atoms with Gasteiger partial charge in [0.25, 0.3) is 0 Å². The van der Waals surface area contributed by atoms with Crippen LogP contribution >= 0.6 is 0 Å². The van der Waals surface area contributed by atoms with E-state index < -0.39 is 0 Å². The second kappa shape index (κ2) is 7.91. The number of para-hydroxylation sites is 1. The lowest BCUT2D eigenvalue weighted by Gasteiger charge is -2.08. The fourth-order valence-electron chi connectivity index (χ4n) is 2.00. The average molecular weight is 281 g/mol. The lowest BCUT2D eigenvalue weighted by atomic mass is 10.2. The summed E-state index contributed by atoms with van der Waals surface area (Å²) >= 11 is 0. The van der Waals surface area contributed by atoms with E-state index in [1.165, 1.54) is 0 Å². The first kappa shape index (κ1) is 14.9. The van der Waals surface area contributed by atoms with Gasteiger partial charge in [-0.15, -0.1) is 12.3 Å². The van der Waals surface area contributed by atoms with Crippen LogP contribution < -0.4 is 10.6 Å². The molecule has 1 aromatic heterocycles. The average Bonchev–Trinajstić information content (AvgIpc) is 2.52. The summed E-state index contributed by atoms with van der Waals surface area (Å²) in [5, 5.41) is 7.17. The maximum absolute atomic E-state index is 11.5. The molecule has 108 valence electrons. The van der Waals surface area contributed by atoms with Crippen molar-refractivity contribution in [3.05, 3.63) is 36.4 Å². The van der Waals surface area contributed by atoms with E-state index in [1.54, 1.807) is 0 Å². The molecule has 0 bridgehead atoms. The molecule has 1 amide bonds. The Hall–Kier alpha value is -2.54. The molecule has 0 spiro atoms. The molecule has 0 saturated carbocycles. The van der Waals surface area contributed by atoms with Crippen molar-refractivity contribution >= 4 is 22.6 Å². The number of hydrogen-bond donors (Lipinski definition) is 2. The zero-order valence-electron chi connectivity index (χ0n) is 11.9. The highest BCUT2D eigenvalue weighted by Crippen LogP contribution is 2.13. The normalized spacial score (nSPS) is 10.0. The largest absolute Gasteiger partial charge is 0.368 e. The molecule has 0 aliphatic rings. The minimum Gasteiger partial charge on any atom is -0.368 e. The number of carbonyl (C=O) groups is 1. The molecular formula is C17H19N3O. The fraction of sp³-hybridized carbons (Fsp3) is 0.294. The predicted molar refractivity (Wildman–Crippen MR) is 85.9 cm³/mol. The van der Waals surface area contributed by atoms with Gasteiger partial charge in [-0.2, -0.15) is 0 Å². The Morgan fingerprint density at radius 2 is 2.05 bits per heavy atom. The van der Waals surface area contributed by atoms with E-state index in [0.29, 0.717) is 25.9 Å². The molecular weight excluding hydrogens is 262 g/mol. The Morgan fingerprint density at radius 3 is 2.90 bits per heavy atom. The van der Waals surface area contributed by atoms with Crippen LogP contribution in [-0.2, 0) is 4.79 Å². The van der Waals surface area contributed by atoms with E-state index >= 15 is 0 Å². The van der Waals surface area contributed by atoms with Gasteiger partial charge in [0.05, 0.1) is 5.52 Å². The molecule has 0 fully saturated rings. The lowest BCUT2D eigenvalue weighted by Crippen LogP contribution is -2.28. The van der Waals surface area contributed by atoms with Gasteiger partial charge in [-0.1, -0.05) is 18.2 Å². The predicted octanol–water partition coefficient (Wildman–Crippen LogP) is 2.57. The van der Waals surface area contributed by atoms with Crippen LogP contribution in [0.5, 0.6) is 0 Å². The number of hydrogen-bond acceptors (Lipinski definition) is 3. The van der Waals surface area contributed by atoms with Gasteiger partial charge in [0.1, 0.15) is 5.82 Å². The smallest absolute Gasteiger partial charge is 0.220 e. The second-order valence-corrected chi connectivity index (χ2v) is 4.72. The van der Waals surface area contributed by atoms with Crippen molar-refractivity contribution in [2.45, 2.75) is 19.3 Å². The number of benzene rings is 1. The highest BCUT2D eigenvalue weighted by molar-refractivity contribution is 5.80. The topological polar surface area (TPSA) is 54.0 Å². The molecule has 2 N–H and O–H groups in total. The number of carbonyl (C=O) groups excluding carboxylic acids is 1. The highest BCUT2D eigenvalue weighted by atomic mass is 16.1. The summed E-state index contributed by atoms with van der Waals surface area (Å²) in [5.41, 5.74) is 0.959. The Bertz CT molecular complexity index is 646. The maximum Gasteiger partial charge on any atom is 0.220 e. The molecule has 0 atom stereocenters. The summed E-state index contributed by atoms with van der Waals surface area (Å²) in [6, 6.07) is 11.9. The molecule has 2 rings (SSSR count). The van der Waals surface area contributed by atoms with Crippen LogP contribution in [0.25, 0.3) is 10.9 Å². The van der Waals surface area contributed by atoms with Crippen molar-refractivity contribution in [3.8, 4) is 12.3 Å². The van der Waals surface area contributed by atoms with Crippen molar-refractivity contribution < 1.29 is 4.79 Å². The summed E-state index contributed by atoms with van der Waals surface area (Å²) < 4.78 is 0. The number of amides is 1. The number of unbranched alkanes of at least 4 members (excludes halogenated alkanes) is 1. The van der Waals surface area contributed by atoms with Gasteiger partial charge in [-0.05, 0) is 24.6 Å². The van der Waals surface area contributed by atoms with E-state index in [2.05, 4.69) is 21.5 Å². The van der Waals surface area contributed by atoms with Crippen LogP contribution in [0, 0.1) is 12.3 Å². The van der Waals surface area contributed by atoms with Crippen LogP contribution in [0.15, 0.2) is 36.4 Å². The van der Waals surface area contributed by atoms with Gasteiger partial charge in [0.15, 0.2) is 0 Å². The molecule has 21 heavy (non-hydrogen) atoms. The van der Waals surface area contributed by atoms with Crippen LogP contribution in [0.2, 0.25) is 0 Å². The summed E-state index contributed by atoms with van der Waals surface area (Å²) in [6.07, 6.45) is 7.01. The van der Waals surface area contributed by atoms with Crippen LogP contribution in [0.3, 0.4) is 0 Å². The molecule has 2 aromatic rings. The lowest BCUT2D eigenvalue weighted by molar-refractivity contribution is -0.121. The molecule has 4 heteroatoms. The van der Waals surface area contributed by atoms with Gasteiger partial charge in [-0.25, -0.2) is 4.98 Å². The third kappa shape index (κ3) is 4.81. The molecule has 0 unspecified atom stereocenters. The van der Waals surface area contributed by atoms with Crippen LogP contribution in [-0.4, -0.2) is 24.0 Å². The summed E-state index contributed by atoms with van der Waals surface area (Å²) in [5.74, 6) is 3.38. The SMILES string of the molecule is C#CCCCC(=O)NCCNc1ccc2ccccc2n1. The van der Waals surface area contributed by atoms with E-state index in [-0.39, 0.29) is 5.91 Å². The zero-order valence-corrected chi connectivity index (χ0v) is 11.9. The van der Waals surface area contributed by atoms with E-state index in [4.69, 9.17) is 6.42 Å². The second-order valence-electron chi connectivity index (χ2n) is 4.72. The fourth-order valence-corrected chi connectivity index (χ4v) is 2.00. The number of pyridine rings is 1. The Morgan fingerprint density at radius 1 is 1.19 bits per heavy atom. The van der Waals surface area contributed by atoms with Gasteiger partial charge in [0, 0.05) is 31.3 Å². The van der Waals surface area contributed by atoms with Gasteiger partial charge >= 0.3 is 0 Å². The number of anilines is 1. The minimum absolute atomic E-state index is 0.0403. The van der Waals surface area contributed by atoms with E-state index in [1.807, 2.05) is 36.4 Å². The number of fused-ring (bicyclic) bond motifs is 1. The summed E-state index contributed by atoms with van der Waals surface area (Å²) in [4.78, 5) is 16.0. The molecule has 0 aliphatic carbocycles. The Labute approximate surface area is 125 Å².